The molecule has 256 valence electrons. The van der Waals surface area contributed by atoms with Gasteiger partial charge in [-0.2, -0.15) is 21.6 Å². The molecule has 0 radical (unpaired) electrons. The highest BCUT2D eigenvalue weighted by Gasteiger charge is 2.73. The molecule has 0 aromatic carbocycles. The molecule has 0 aromatic rings. The number of fused-ring (bicyclic) bond motifs is 7. The second-order valence-electron chi connectivity index (χ2n) is 15.9. The molecule has 0 aliphatic heterocycles. The van der Waals surface area contributed by atoms with Crippen molar-refractivity contribution >= 4 is 33.4 Å². The third-order valence-electron chi connectivity index (χ3n) is 13.3. The standard InChI is InChI=1S/C33H43F3O9S/c1-27(2)10-12-32(26(41)44-7)13-11-30(5)23(19(32)15-27)20(38)14-22-29(30,4)9-8-21-28(3,17-37)24(39)18(25(40)31(21,22)6)16-45-46(42,43)33(34,35)36/h14,16,19,21,23,37H,8-13,15,17H2,1-7H3/b18-16-/t19-,21-,23-,28+,29+,30+,31-,32-/m0/s1. The Balaban J connectivity index is 1.69. The summed E-state index contributed by atoms with van der Waals surface area (Å²) in [5, 5.41) is 10.5. The van der Waals surface area contributed by atoms with E-state index >= 15 is 0 Å². The van der Waals surface area contributed by atoms with E-state index in [1.807, 2.05) is 13.8 Å². The maximum absolute atomic E-state index is 14.5. The van der Waals surface area contributed by atoms with E-state index in [9.17, 15) is 45.9 Å². The molecule has 4 saturated carbocycles. The summed E-state index contributed by atoms with van der Waals surface area (Å²) in [7, 11) is -4.84. The van der Waals surface area contributed by atoms with E-state index in [1.165, 1.54) is 27.0 Å². The summed E-state index contributed by atoms with van der Waals surface area (Å²) in [6.45, 7) is 10.3. The van der Waals surface area contributed by atoms with Crippen molar-refractivity contribution in [1.82, 2.24) is 0 Å². The van der Waals surface area contributed by atoms with Gasteiger partial charge in [-0.05, 0) is 98.5 Å². The van der Waals surface area contributed by atoms with E-state index in [4.69, 9.17) is 4.74 Å². The molecular formula is C33H43F3O9S. The first-order chi connectivity index (χ1) is 20.9. The number of ether oxygens (including phenoxy) is 1. The van der Waals surface area contributed by atoms with E-state index in [-0.39, 0.29) is 35.8 Å². The van der Waals surface area contributed by atoms with Crippen LogP contribution >= 0.6 is 0 Å². The molecule has 0 bridgehead atoms. The quantitative estimate of drug-likeness (QED) is 0.106. The summed E-state index contributed by atoms with van der Waals surface area (Å²) >= 11 is 0. The molecule has 0 saturated heterocycles. The van der Waals surface area contributed by atoms with Gasteiger partial charge in [0, 0.05) is 5.92 Å². The van der Waals surface area contributed by atoms with Gasteiger partial charge in [-0.3, -0.25) is 19.2 Å². The molecule has 46 heavy (non-hydrogen) atoms. The number of aliphatic hydroxyl groups excluding tert-OH is 1. The van der Waals surface area contributed by atoms with E-state index in [0.29, 0.717) is 37.7 Å². The molecule has 5 aliphatic rings. The molecule has 0 aromatic heterocycles. The fourth-order valence-electron chi connectivity index (χ4n) is 10.5. The summed E-state index contributed by atoms with van der Waals surface area (Å²) in [5.41, 5.74) is -12.3. The van der Waals surface area contributed by atoms with Gasteiger partial charge in [0.05, 0.1) is 35.5 Å². The van der Waals surface area contributed by atoms with Crippen LogP contribution in [-0.4, -0.2) is 56.1 Å². The van der Waals surface area contributed by atoms with Crippen LogP contribution in [0.4, 0.5) is 13.2 Å². The fraction of sp³-hybridized carbons (Fsp3) is 0.758. The smallest absolute Gasteiger partial charge is 0.469 e. The lowest BCUT2D eigenvalue weighted by molar-refractivity contribution is -0.192. The van der Waals surface area contributed by atoms with Crippen molar-refractivity contribution in [3.8, 4) is 0 Å². The number of methoxy groups -OCH3 is 1. The minimum atomic E-state index is -6.19. The Labute approximate surface area is 267 Å². The topological polar surface area (TPSA) is 141 Å². The van der Waals surface area contributed by atoms with Crippen LogP contribution in [0.15, 0.2) is 23.5 Å². The van der Waals surface area contributed by atoms with Crippen LogP contribution < -0.4 is 0 Å². The second kappa shape index (κ2) is 10.2. The molecule has 5 rings (SSSR count). The number of Topliss-reactive ketones (excluding diaryl/α,β-unsaturated/α-hetero) is 2. The maximum Gasteiger partial charge on any atom is 0.534 e. The molecule has 13 heteroatoms. The molecule has 1 N–H and O–H groups in total. The number of esters is 1. The molecule has 8 atom stereocenters. The third kappa shape index (κ3) is 4.31. The van der Waals surface area contributed by atoms with Gasteiger partial charge in [-0.1, -0.05) is 27.7 Å². The zero-order chi connectivity index (χ0) is 34.7. The highest BCUT2D eigenvalue weighted by atomic mass is 32.2. The first kappa shape index (κ1) is 34.8. The molecule has 5 aliphatic carbocycles. The van der Waals surface area contributed by atoms with Crippen molar-refractivity contribution in [3.05, 3.63) is 23.5 Å². The van der Waals surface area contributed by atoms with Crippen molar-refractivity contribution in [2.45, 2.75) is 92.0 Å². The Hall–Kier alpha value is -2.54. The van der Waals surface area contributed by atoms with Crippen molar-refractivity contribution in [3.63, 3.8) is 0 Å². The molecular weight excluding hydrogens is 629 g/mol. The summed E-state index contributed by atoms with van der Waals surface area (Å²) in [6, 6.07) is 0. The Morgan fingerprint density at radius 3 is 2.17 bits per heavy atom. The number of carbonyl (C=O) groups is 4. The highest BCUT2D eigenvalue weighted by molar-refractivity contribution is 7.87. The lowest BCUT2D eigenvalue weighted by Crippen LogP contribution is -2.68. The van der Waals surface area contributed by atoms with Crippen LogP contribution in [0.25, 0.3) is 0 Å². The van der Waals surface area contributed by atoms with Crippen LogP contribution in [0.3, 0.4) is 0 Å². The zero-order valence-electron chi connectivity index (χ0n) is 27.3. The van der Waals surface area contributed by atoms with Gasteiger partial charge in [0.1, 0.15) is 6.26 Å². The predicted molar refractivity (Wildman–Crippen MR) is 158 cm³/mol. The Bertz CT molecular complexity index is 1580. The lowest BCUT2D eigenvalue weighted by Gasteiger charge is -2.68. The zero-order valence-corrected chi connectivity index (χ0v) is 28.1. The van der Waals surface area contributed by atoms with Crippen LogP contribution in [0, 0.1) is 50.2 Å². The largest absolute Gasteiger partial charge is 0.534 e. The van der Waals surface area contributed by atoms with Crippen LogP contribution in [-0.2, 0) is 38.2 Å². The van der Waals surface area contributed by atoms with E-state index in [1.54, 1.807) is 0 Å². The molecule has 0 spiro atoms. The average Bonchev–Trinajstić information content (AvgIpc) is 2.96. The van der Waals surface area contributed by atoms with Crippen molar-refractivity contribution in [1.29, 1.82) is 0 Å². The first-order valence-electron chi connectivity index (χ1n) is 15.7. The van der Waals surface area contributed by atoms with E-state index in [0.717, 1.165) is 6.42 Å². The first-order valence-corrected chi connectivity index (χ1v) is 17.1. The van der Waals surface area contributed by atoms with Gasteiger partial charge in [0.2, 0.25) is 0 Å². The van der Waals surface area contributed by atoms with Crippen molar-refractivity contribution in [2.24, 2.45) is 50.2 Å². The van der Waals surface area contributed by atoms with Gasteiger partial charge in [0.15, 0.2) is 17.3 Å². The number of ketones is 3. The Morgan fingerprint density at radius 1 is 1.00 bits per heavy atom. The van der Waals surface area contributed by atoms with Gasteiger partial charge in [-0.15, -0.1) is 0 Å². The highest BCUT2D eigenvalue weighted by Crippen LogP contribution is 2.74. The average molecular weight is 673 g/mol. The van der Waals surface area contributed by atoms with E-state index in [2.05, 4.69) is 18.0 Å². The van der Waals surface area contributed by atoms with Gasteiger partial charge >= 0.3 is 21.6 Å². The number of halogens is 3. The summed E-state index contributed by atoms with van der Waals surface area (Å²) in [5.74, 6) is -4.37. The minimum Gasteiger partial charge on any atom is -0.469 e. The molecule has 9 nitrogen and oxygen atoms in total. The van der Waals surface area contributed by atoms with Crippen LogP contribution in [0.5, 0.6) is 0 Å². The molecule has 0 heterocycles. The normalized spacial score (nSPS) is 43.1. The fourth-order valence-corrected chi connectivity index (χ4v) is 10.8. The lowest BCUT2D eigenvalue weighted by atomic mass is 9.33. The summed E-state index contributed by atoms with van der Waals surface area (Å²) < 4.78 is 72.2. The Morgan fingerprint density at radius 2 is 1.61 bits per heavy atom. The molecule has 0 amide bonds. The van der Waals surface area contributed by atoms with Gasteiger partial charge < -0.3 is 14.0 Å². The number of aliphatic hydroxyl groups is 1. The number of alkyl halides is 3. The number of carbonyl (C=O) groups excluding carboxylic acids is 4. The van der Waals surface area contributed by atoms with Crippen LogP contribution in [0.1, 0.15) is 86.5 Å². The predicted octanol–water partition coefficient (Wildman–Crippen LogP) is 5.22. The second-order valence-corrected chi connectivity index (χ2v) is 17.4. The third-order valence-corrected chi connectivity index (χ3v) is 14.2. The number of hydrogen-bond donors (Lipinski definition) is 1. The summed E-state index contributed by atoms with van der Waals surface area (Å²) in [4.78, 5) is 56.0. The van der Waals surface area contributed by atoms with Crippen molar-refractivity contribution < 1.29 is 54.8 Å². The summed E-state index contributed by atoms with van der Waals surface area (Å²) in [6.07, 6.45) is 5.08. The monoisotopic (exact) mass is 672 g/mol. The number of hydrogen-bond acceptors (Lipinski definition) is 9. The van der Waals surface area contributed by atoms with Gasteiger partial charge in [-0.25, -0.2) is 0 Å². The number of rotatable bonds is 4. The number of allylic oxidation sites excluding steroid dienone is 3. The Kier molecular flexibility index (Phi) is 7.74. The molecule has 4 fully saturated rings. The van der Waals surface area contributed by atoms with Crippen molar-refractivity contribution in [2.75, 3.05) is 13.7 Å². The maximum atomic E-state index is 14.5. The SMILES string of the molecule is COC(=O)[C@]12CCC(C)(C)C[C@H]1[C@H]1C(=O)C=C3[C@@]4(C)C(=O)/C(=C\OS(=O)(=O)C(F)(F)F)C(=O)[C@](C)(CO)[C@@H]4CC[C@@]3(C)[C@]1(C)CC2. The molecule has 0 unspecified atom stereocenters. The minimum absolute atomic E-state index is 0.0278. The van der Waals surface area contributed by atoms with Crippen LogP contribution in [0.2, 0.25) is 0 Å². The van der Waals surface area contributed by atoms with E-state index < -0.39 is 78.3 Å². The van der Waals surface area contributed by atoms with Gasteiger partial charge in [0.25, 0.3) is 0 Å².